The molecule has 2 rings (SSSR count). The lowest BCUT2D eigenvalue weighted by molar-refractivity contribution is -0.213. The van der Waals surface area contributed by atoms with Gasteiger partial charge in [0.2, 0.25) is 0 Å². The minimum atomic E-state index is -5.22. The van der Waals surface area contributed by atoms with Gasteiger partial charge in [0.05, 0.1) is 5.56 Å². The van der Waals surface area contributed by atoms with Crippen molar-refractivity contribution in [2.45, 2.75) is 18.6 Å². The molecule has 0 spiro atoms. The Labute approximate surface area is 155 Å². The predicted molar refractivity (Wildman–Crippen MR) is 88.2 cm³/mol. The number of rotatable bonds is 5. The summed E-state index contributed by atoms with van der Waals surface area (Å²) in [4.78, 5) is 11.9. The maximum Gasteiger partial charge on any atom is 0.411 e. The van der Waals surface area contributed by atoms with Crippen LogP contribution in [0.4, 0.5) is 22.0 Å². The number of benzene rings is 1. The van der Waals surface area contributed by atoms with Crippen LogP contribution in [0, 0.1) is 11.6 Å². The summed E-state index contributed by atoms with van der Waals surface area (Å²) in [5.74, 6) is -4.09. The Morgan fingerprint density at radius 3 is 2.26 bits per heavy atom. The van der Waals surface area contributed by atoms with Gasteiger partial charge in [0, 0.05) is 12.4 Å². The highest BCUT2D eigenvalue weighted by atomic mass is 32.2. The predicted octanol–water partition coefficient (Wildman–Crippen LogP) is 3.41. The highest BCUT2D eigenvalue weighted by Gasteiger charge is 2.58. The molecule has 1 aromatic carbocycles. The molecular weight excluding hydrogens is 415 g/mol. The van der Waals surface area contributed by atoms with Crippen molar-refractivity contribution in [2.75, 3.05) is 7.05 Å². The third kappa shape index (κ3) is 3.96. The first-order valence-electron chi connectivity index (χ1n) is 7.16. The molecule has 0 saturated carbocycles. The number of hydrogen-bond acceptors (Lipinski definition) is 4. The SMILES string of the molecule is CN([C@](C)(c1ccc(F)c(F)c1)C(F)(F)F)S(=O)(=O)NC(=O)c1ccsc1. The van der Waals surface area contributed by atoms with Crippen LogP contribution in [0.5, 0.6) is 0 Å². The van der Waals surface area contributed by atoms with E-state index in [0.717, 1.165) is 11.3 Å². The first-order valence-corrected chi connectivity index (χ1v) is 9.54. The first kappa shape index (κ1) is 21.3. The number of alkyl halides is 3. The maximum absolute atomic E-state index is 13.8. The first-order chi connectivity index (χ1) is 12.3. The topological polar surface area (TPSA) is 66.5 Å². The van der Waals surface area contributed by atoms with Crippen molar-refractivity contribution in [2.24, 2.45) is 0 Å². The molecule has 1 amide bonds. The van der Waals surface area contributed by atoms with Gasteiger partial charge in [-0.05, 0) is 36.1 Å². The molecule has 0 saturated heterocycles. The largest absolute Gasteiger partial charge is 0.411 e. The molecule has 12 heteroatoms. The summed E-state index contributed by atoms with van der Waals surface area (Å²) in [6.45, 7) is 0.480. The summed E-state index contributed by atoms with van der Waals surface area (Å²) in [7, 11) is -4.41. The summed E-state index contributed by atoms with van der Waals surface area (Å²) < 4.78 is 94.1. The minimum Gasteiger partial charge on any atom is -0.268 e. The molecule has 0 unspecified atom stereocenters. The second-order valence-electron chi connectivity index (χ2n) is 5.61. The molecule has 1 aromatic heterocycles. The van der Waals surface area contributed by atoms with Gasteiger partial charge in [0.25, 0.3) is 5.91 Å². The summed E-state index contributed by atoms with van der Waals surface area (Å²) in [6.07, 6.45) is -5.22. The van der Waals surface area contributed by atoms with E-state index in [9.17, 15) is 35.2 Å². The van der Waals surface area contributed by atoms with Crippen molar-refractivity contribution in [3.05, 3.63) is 57.8 Å². The fourth-order valence-corrected chi connectivity index (χ4v) is 4.02. The summed E-state index contributed by atoms with van der Waals surface area (Å²) >= 11 is 1.09. The number of nitrogens with zero attached hydrogens (tertiary/aromatic N) is 1. The van der Waals surface area contributed by atoms with Crippen molar-refractivity contribution in [3.63, 3.8) is 0 Å². The number of thiophene rings is 1. The lowest BCUT2D eigenvalue weighted by atomic mass is 9.91. The number of halogens is 5. The smallest absolute Gasteiger partial charge is 0.268 e. The van der Waals surface area contributed by atoms with Crippen LogP contribution in [0.1, 0.15) is 22.8 Å². The van der Waals surface area contributed by atoms with E-state index in [1.165, 1.54) is 21.5 Å². The van der Waals surface area contributed by atoms with Gasteiger partial charge in [-0.15, -0.1) is 0 Å². The van der Waals surface area contributed by atoms with Crippen molar-refractivity contribution in [1.82, 2.24) is 9.03 Å². The van der Waals surface area contributed by atoms with E-state index in [4.69, 9.17) is 0 Å². The van der Waals surface area contributed by atoms with E-state index in [1.54, 1.807) is 0 Å². The van der Waals surface area contributed by atoms with Crippen LogP contribution < -0.4 is 4.72 Å². The van der Waals surface area contributed by atoms with Crippen molar-refractivity contribution < 1.29 is 35.2 Å². The van der Waals surface area contributed by atoms with Crippen LogP contribution in [0.15, 0.2) is 35.0 Å². The molecular formula is C15H13F5N2O3S2. The van der Waals surface area contributed by atoms with Gasteiger partial charge < -0.3 is 0 Å². The van der Waals surface area contributed by atoms with E-state index >= 15 is 0 Å². The standard InChI is InChI=1S/C15H13F5N2O3S2/c1-14(15(18,19)20,10-3-4-11(16)12(17)7-10)22(2)27(24,25)21-13(23)9-5-6-26-8-9/h3-8H,1-2H3,(H,21,23)/t14-/m1/s1. The van der Waals surface area contributed by atoms with E-state index in [2.05, 4.69) is 0 Å². The number of carbonyl (C=O) groups excluding carboxylic acids is 1. The van der Waals surface area contributed by atoms with E-state index < -0.39 is 45.0 Å². The zero-order valence-electron chi connectivity index (χ0n) is 13.8. The van der Waals surface area contributed by atoms with E-state index in [1.807, 2.05) is 0 Å². The van der Waals surface area contributed by atoms with Crippen LogP contribution in [0.25, 0.3) is 0 Å². The number of nitrogens with one attached hydrogen (secondary N) is 1. The second kappa shape index (κ2) is 7.17. The minimum absolute atomic E-state index is 0.0569. The van der Waals surface area contributed by atoms with Gasteiger partial charge in [-0.1, -0.05) is 6.07 Å². The lowest BCUT2D eigenvalue weighted by Crippen LogP contribution is -2.58. The molecule has 0 radical (unpaired) electrons. The summed E-state index contributed by atoms with van der Waals surface area (Å²) in [6, 6.07) is 2.63. The van der Waals surface area contributed by atoms with Gasteiger partial charge in [-0.25, -0.2) is 13.5 Å². The molecule has 0 aliphatic heterocycles. The van der Waals surface area contributed by atoms with E-state index in [-0.39, 0.29) is 15.9 Å². The molecule has 148 valence electrons. The maximum atomic E-state index is 13.8. The lowest BCUT2D eigenvalue weighted by Gasteiger charge is -2.39. The van der Waals surface area contributed by atoms with Gasteiger partial charge in [0.15, 0.2) is 17.2 Å². The Morgan fingerprint density at radius 1 is 1.15 bits per heavy atom. The molecule has 0 aliphatic carbocycles. The van der Waals surface area contributed by atoms with Gasteiger partial charge in [0.1, 0.15) is 0 Å². The van der Waals surface area contributed by atoms with Crippen LogP contribution in [0.2, 0.25) is 0 Å². The van der Waals surface area contributed by atoms with Gasteiger partial charge in [-0.3, -0.25) is 4.79 Å². The summed E-state index contributed by atoms with van der Waals surface area (Å²) in [5.41, 5.74) is -4.19. The molecule has 0 aliphatic rings. The zero-order chi connectivity index (χ0) is 20.6. The quantitative estimate of drug-likeness (QED) is 0.743. The van der Waals surface area contributed by atoms with Crippen LogP contribution in [0.3, 0.4) is 0 Å². The highest BCUT2D eigenvalue weighted by molar-refractivity contribution is 7.87. The Balaban J connectivity index is 2.49. The third-order valence-electron chi connectivity index (χ3n) is 4.03. The third-order valence-corrected chi connectivity index (χ3v) is 6.24. The second-order valence-corrected chi connectivity index (χ2v) is 8.10. The molecule has 5 nitrogen and oxygen atoms in total. The molecule has 1 atom stereocenters. The fourth-order valence-electron chi connectivity index (χ4n) is 2.20. The molecule has 2 aromatic rings. The zero-order valence-corrected chi connectivity index (χ0v) is 15.5. The fraction of sp³-hybridized carbons (Fsp3) is 0.267. The van der Waals surface area contributed by atoms with Gasteiger partial charge >= 0.3 is 16.4 Å². The summed E-state index contributed by atoms with van der Waals surface area (Å²) in [5, 5.41) is 2.79. The van der Waals surface area contributed by atoms with Crippen LogP contribution in [-0.2, 0) is 15.7 Å². The number of amides is 1. The van der Waals surface area contributed by atoms with Crippen molar-refractivity contribution >= 4 is 27.5 Å². The highest BCUT2D eigenvalue weighted by Crippen LogP contribution is 2.44. The van der Waals surface area contributed by atoms with Gasteiger partial charge in [-0.2, -0.15) is 37.2 Å². The average molecular weight is 428 g/mol. The number of hydrogen-bond donors (Lipinski definition) is 1. The van der Waals surface area contributed by atoms with Crippen LogP contribution >= 0.6 is 11.3 Å². The van der Waals surface area contributed by atoms with Crippen molar-refractivity contribution in [3.8, 4) is 0 Å². The molecule has 1 N–H and O–H groups in total. The Morgan fingerprint density at radius 2 is 1.78 bits per heavy atom. The van der Waals surface area contributed by atoms with Crippen LogP contribution in [-0.4, -0.2) is 31.9 Å². The molecule has 0 fully saturated rings. The molecule has 0 bridgehead atoms. The van der Waals surface area contributed by atoms with Crippen molar-refractivity contribution in [1.29, 1.82) is 0 Å². The molecule has 27 heavy (non-hydrogen) atoms. The number of carbonyl (C=O) groups is 1. The Bertz CT molecular complexity index is 945. The van der Waals surface area contributed by atoms with E-state index in [0.29, 0.717) is 26.1 Å². The monoisotopic (exact) mass is 428 g/mol. The average Bonchev–Trinajstić information content (AvgIpc) is 3.09. The Hall–Kier alpha value is -2.05. The Kier molecular flexibility index (Phi) is 5.64. The molecule has 1 heterocycles. The normalized spacial score (nSPS) is 14.8.